The van der Waals surface area contributed by atoms with Crippen LogP contribution in [0.2, 0.25) is 0 Å². The molecule has 0 aromatic heterocycles. The van der Waals surface area contributed by atoms with Gasteiger partial charge in [-0.05, 0) is 32.5 Å². The maximum Gasteiger partial charge on any atom is 0.217 e. The Bertz CT molecular complexity index is 153. The minimum absolute atomic E-state index is 0.0378. The normalized spacial score (nSPS) is 10.8. The Balaban J connectivity index is 0. The first-order valence-corrected chi connectivity index (χ1v) is 5.26. The summed E-state index contributed by atoms with van der Waals surface area (Å²) in [5, 5.41) is 0. The second-order valence-corrected chi connectivity index (χ2v) is 4.36. The summed E-state index contributed by atoms with van der Waals surface area (Å²) in [5.41, 5.74) is 5.17. The number of carbonyl (C=O) groups excluding carboxylic acids is 1. The van der Waals surface area contributed by atoms with E-state index < -0.39 is 0 Å². The van der Waals surface area contributed by atoms with Crippen molar-refractivity contribution in [2.45, 2.75) is 40.5 Å². The van der Waals surface area contributed by atoms with E-state index in [1.54, 1.807) is 0 Å². The van der Waals surface area contributed by atoms with E-state index in [9.17, 15) is 4.79 Å². The molecule has 0 unspecified atom stereocenters. The Morgan fingerprint density at radius 1 is 1.29 bits per heavy atom. The van der Waals surface area contributed by atoms with Crippen molar-refractivity contribution in [3.8, 4) is 0 Å². The molecule has 0 aromatic carbocycles. The molecular formula is C11H26N2O. The molecule has 0 rings (SSSR count). The van der Waals surface area contributed by atoms with Gasteiger partial charge in [-0.25, -0.2) is 0 Å². The Morgan fingerprint density at radius 2 is 1.71 bits per heavy atom. The molecule has 0 heterocycles. The van der Waals surface area contributed by atoms with Crippen LogP contribution in [0.5, 0.6) is 0 Å². The lowest BCUT2D eigenvalue weighted by Gasteiger charge is -2.24. The molecule has 0 aliphatic rings. The Hall–Kier alpha value is -0.570. The highest BCUT2D eigenvalue weighted by atomic mass is 16.1. The highest BCUT2D eigenvalue weighted by molar-refractivity contribution is 5.74. The van der Waals surface area contributed by atoms with E-state index >= 15 is 0 Å². The zero-order valence-electron chi connectivity index (χ0n) is 10.6. The van der Waals surface area contributed by atoms with Gasteiger partial charge in [-0.3, -0.25) is 4.79 Å². The van der Waals surface area contributed by atoms with Gasteiger partial charge < -0.3 is 10.6 Å². The number of amides is 1. The van der Waals surface area contributed by atoms with Crippen LogP contribution < -0.4 is 5.73 Å². The zero-order valence-corrected chi connectivity index (χ0v) is 10.6. The first kappa shape index (κ1) is 15.9. The van der Waals surface area contributed by atoms with Gasteiger partial charge in [0, 0.05) is 6.42 Å². The number of nitrogens with two attached hydrogens (primary N) is 1. The highest BCUT2D eigenvalue weighted by Gasteiger charge is 2.20. The molecule has 0 atom stereocenters. The van der Waals surface area contributed by atoms with Gasteiger partial charge in [-0.1, -0.05) is 27.7 Å². The van der Waals surface area contributed by atoms with E-state index in [0.29, 0.717) is 6.42 Å². The fourth-order valence-electron chi connectivity index (χ4n) is 1.09. The lowest BCUT2D eigenvalue weighted by Crippen LogP contribution is -2.26. The van der Waals surface area contributed by atoms with Crippen LogP contribution in [-0.4, -0.2) is 31.4 Å². The van der Waals surface area contributed by atoms with Gasteiger partial charge >= 0.3 is 0 Å². The summed E-state index contributed by atoms with van der Waals surface area (Å²) in [6, 6.07) is 0. The topological polar surface area (TPSA) is 46.3 Å². The van der Waals surface area contributed by atoms with Crippen LogP contribution in [0.3, 0.4) is 0 Å². The van der Waals surface area contributed by atoms with Crippen LogP contribution in [0.1, 0.15) is 40.5 Å². The molecule has 2 N–H and O–H groups in total. The van der Waals surface area contributed by atoms with Crippen LogP contribution in [0.4, 0.5) is 0 Å². The number of carbonyl (C=O) groups is 1. The first-order chi connectivity index (χ1) is 6.33. The predicted octanol–water partition coefficient (Wildman–Crippen LogP) is 1.87. The van der Waals surface area contributed by atoms with Crippen LogP contribution in [0, 0.1) is 5.41 Å². The Kier molecular flexibility index (Phi) is 8.85. The van der Waals surface area contributed by atoms with E-state index in [2.05, 4.69) is 18.7 Å². The third kappa shape index (κ3) is 11.4. The fourth-order valence-corrected chi connectivity index (χ4v) is 1.09. The van der Waals surface area contributed by atoms with Gasteiger partial charge in [0.1, 0.15) is 0 Å². The third-order valence-corrected chi connectivity index (χ3v) is 1.89. The van der Waals surface area contributed by atoms with E-state index in [4.69, 9.17) is 5.73 Å². The Labute approximate surface area is 88.7 Å². The van der Waals surface area contributed by atoms with Crippen LogP contribution in [0.25, 0.3) is 0 Å². The van der Waals surface area contributed by atoms with Gasteiger partial charge in [0.25, 0.3) is 0 Å². The predicted molar refractivity (Wildman–Crippen MR) is 62.1 cm³/mol. The average molecular weight is 202 g/mol. The molecule has 0 aromatic rings. The summed E-state index contributed by atoms with van der Waals surface area (Å²) in [6.07, 6.45) is 1.48. The summed E-state index contributed by atoms with van der Waals surface area (Å²) >= 11 is 0. The molecule has 14 heavy (non-hydrogen) atoms. The molecule has 1 amide bonds. The summed E-state index contributed by atoms with van der Waals surface area (Å²) in [5.74, 6) is -0.209. The van der Waals surface area contributed by atoms with Crippen molar-refractivity contribution in [1.82, 2.24) is 4.90 Å². The minimum atomic E-state index is -0.209. The maximum atomic E-state index is 10.7. The molecule has 86 valence electrons. The molecule has 0 fully saturated rings. The number of rotatable bonds is 5. The molecule has 0 aliphatic heterocycles. The molecule has 3 heteroatoms. The quantitative estimate of drug-likeness (QED) is 0.739. The molecular weight excluding hydrogens is 176 g/mol. The summed E-state index contributed by atoms with van der Waals surface area (Å²) in [7, 11) is 4.06. The van der Waals surface area contributed by atoms with Crippen molar-refractivity contribution >= 4 is 5.91 Å². The van der Waals surface area contributed by atoms with Crippen LogP contribution in [-0.2, 0) is 4.79 Å². The van der Waals surface area contributed by atoms with Crippen molar-refractivity contribution in [1.29, 1.82) is 0 Å². The second-order valence-electron chi connectivity index (χ2n) is 4.36. The van der Waals surface area contributed by atoms with Gasteiger partial charge in [0.05, 0.1) is 0 Å². The largest absolute Gasteiger partial charge is 0.370 e. The average Bonchev–Trinajstić information content (AvgIpc) is 2.03. The third-order valence-electron chi connectivity index (χ3n) is 1.89. The van der Waals surface area contributed by atoms with E-state index in [0.717, 1.165) is 13.0 Å². The number of primary amides is 1. The summed E-state index contributed by atoms with van der Waals surface area (Å²) < 4.78 is 0. The van der Waals surface area contributed by atoms with Gasteiger partial charge in [-0.15, -0.1) is 0 Å². The lowest BCUT2D eigenvalue weighted by molar-refractivity contribution is -0.120. The number of hydrogen-bond donors (Lipinski definition) is 1. The van der Waals surface area contributed by atoms with Crippen molar-refractivity contribution in [3.63, 3.8) is 0 Å². The molecule has 3 nitrogen and oxygen atoms in total. The molecule has 0 saturated carbocycles. The van der Waals surface area contributed by atoms with Gasteiger partial charge in [-0.2, -0.15) is 0 Å². The van der Waals surface area contributed by atoms with Gasteiger partial charge in [0.2, 0.25) is 5.91 Å². The van der Waals surface area contributed by atoms with E-state index in [-0.39, 0.29) is 11.3 Å². The molecule has 0 spiro atoms. The summed E-state index contributed by atoms with van der Waals surface area (Å²) in [6.45, 7) is 9.14. The Morgan fingerprint density at radius 3 is 2.00 bits per heavy atom. The van der Waals surface area contributed by atoms with Crippen molar-refractivity contribution < 1.29 is 4.79 Å². The van der Waals surface area contributed by atoms with Crippen molar-refractivity contribution in [2.24, 2.45) is 11.1 Å². The summed E-state index contributed by atoms with van der Waals surface area (Å²) in [4.78, 5) is 12.8. The van der Waals surface area contributed by atoms with E-state index in [1.165, 1.54) is 0 Å². The SMILES string of the molecule is CC.CN(C)CCC(C)(C)CC(N)=O. The zero-order chi connectivity index (χ0) is 11.8. The molecule has 0 radical (unpaired) electrons. The van der Waals surface area contributed by atoms with Crippen molar-refractivity contribution in [3.05, 3.63) is 0 Å². The van der Waals surface area contributed by atoms with Gasteiger partial charge in [0.15, 0.2) is 0 Å². The monoisotopic (exact) mass is 202 g/mol. The first-order valence-electron chi connectivity index (χ1n) is 5.26. The smallest absolute Gasteiger partial charge is 0.217 e. The molecule has 0 bridgehead atoms. The van der Waals surface area contributed by atoms with E-state index in [1.807, 2.05) is 27.9 Å². The van der Waals surface area contributed by atoms with Crippen molar-refractivity contribution in [2.75, 3.05) is 20.6 Å². The fraction of sp³-hybridized carbons (Fsp3) is 0.909. The maximum absolute atomic E-state index is 10.7. The highest BCUT2D eigenvalue weighted by Crippen LogP contribution is 2.24. The number of hydrogen-bond acceptors (Lipinski definition) is 2. The molecule has 0 aliphatic carbocycles. The standard InChI is InChI=1S/C9H20N2O.C2H6/c1-9(2,7-8(10)12)5-6-11(3)4;1-2/h5-7H2,1-4H3,(H2,10,12);1-2H3. The molecule has 0 saturated heterocycles. The lowest BCUT2D eigenvalue weighted by atomic mass is 9.85. The number of nitrogens with zero attached hydrogens (tertiary/aromatic N) is 1. The second kappa shape index (κ2) is 7.80. The van der Waals surface area contributed by atoms with Crippen LogP contribution in [0.15, 0.2) is 0 Å². The minimum Gasteiger partial charge on any atom is -0.370 e. The van der Waals surface area contributed by atoms with Crippen LogP contribution >= 0.6 is 0 Å².